The highest BCUT2D eigenvalue weighted by Crippen LogP contribution is 2.70. The van der Waals surface area contributed by atoms with Gasteiger partial charge in [-0.05, 0) is 92.9 Å². The molecule has 3 fully saturated rings. The number of fused-ring (bicyclic) bond motifs is 5. The first-order valence-corrected chi connectivity index (χ1v) is 14.3. The Bertz CT molecular complexity index is 1110. The minimum Gasteiger partial charge on any atom is -0.479 e. The van der Waals surface area contributed by atoms with E-state index in [2.05, 4.69) is 26.8 Å². The Balaban J connectivity index is 1.39. The highest BCUT2D eigenvalue weighted by molar-refractivity contribution is 5.83. The van der Waals surface area contributed by atoms with Crippen LogP contribution in [0.1, 0.15) is 103 Å². The molecule has 4 aliphatic carbocycles. The van der Waals surface area contributed by atoms with E-state index in [-0.39, 0.29) is 16.2 Å². The number of carboxylic acid groups (broad SMARTS) is 1. The van der Waals surface area contributed by atoms with Crippen molar-refractivity contribution in [1.82, 2.24) is 0 Å². The quantitative estimate of drug-likeness (QED) is 0.327. The summed E-state index contributed by atoms with van der Waals surface area (Å²) in [7, 11) is 0. The van der Waals surface area contributed by atoms with Crippen LogP contribution >= 0.6 is 0 Å². The van der Waals surface area contributed by atoms with E-state index in [9.17, 15) is 19.8 Å². The van der Waals surface area contributed by atoms with Crippen LogP contribution in [0.2, 0.25) is 0 Å². The van der Waals surface area contributed by atoms with Crippen molar-refractivity contribution >= 4 is 11.8 Å². The molecular weight excluding hydrogens is 464 g/mol. The highest BCUT2D eigenvalue weighted by Gasteiger charge is 2.65. The summed E-state index contributed by atoms with van der Waals surface area (Å²) < 4.78 is 6.03. The topological polar surface area (TPSA) is 83.8 Å². The van der Waals surface area contributed by atoms with E-state index in [1.54, 1.807) is 12.1 Å². The molecule has 0 heterocycles. The zero-order valence-corrected chi connectivity index (χ0v) is 23.2. The van der Waals surface area contributed by atoms with E-state index in [0.717, 1.165) is 50.5 Å². The standard InChI is InChI=1S/C32H44O5/c1-6-31(21(3)33)16-14-26-24-12-11-23-19-32(36,18-17-29(23,4)25(24)13-15-30(26,31)5)37-27(28(34)35)22-9-7-20(2)8-10-22/h7-11,24-27,36H,6,12-19H2,1-5H3,(H,34,35)/t24-,25+,26+,27?,29+,30+,31-,32?/m1/s1. The van der Waals surface area contributed by atoms with E-state index in [1.165, 1.54) is 5.57 Å². The van der Waals surface area contributed by atoms with Gasteiger partial charge in [-0.3, -0.25) is 4.79 Å². The monoisotopic (exact) mass is 508 g/mol. The SMILES string of the molecule is CC[C@]1(C(C)=O)CC[C@H]2[C@@H]3CC=C4CC(O)(OC(C(=O)O)c5ccc(C)cc5)CC[C@]4(C)[C@H]3CC[C@@]21C. The Hall–Kier alpha value is -1.98. The second kappa shape index (κ2) is 9.05. The lowest BCUT2D eigenvalue weighted by molar-refractivity contribution is -0.252. The van der Waals surface area contributed by atoms with E-state index in [4.69, 9.17) is 4.74 Å². The van der Waals surface area contributed by atoms with Gasteiger partial charge in [-0.2, -0.15) is 0 Å². The summed E-state index contributed by atoms with van der Waals surface area (Å²) in [6.45, 7) is 10.7. The lowest BCUT2D eigenvalue weighted by atomic mass is 9.45. The Kier molecular flexibility index (Phi) is 6.51. The number of hydrogen-bond acceptors (Lipinski definition) is 4. The van der Waals surface area contributed by atoms with E-state index in [0.29, 0.717) is 41.9 Å². The third-order valence-corrected chi connectivity index (χ3v) is 11.7. The van der Waals surface area contributed by atoms with Crippen LogP contribution in [-0.4, -0.2) is 27.8 Å². The zero-order chi connectivity index (χ0) is 26.8. The molecule has 0 amide bonds. The maximum atomic E-state index is 12.9. The van der Waals surface area contributed by atoms with Gasteiger partial charge in [-0.1, -0.05) is 62.2 Å². The summed E-state index contributed by atoms with van der Waals surface area (Å²) in [5.41, 5.74) is 2.69. The Morgan fingerprint density at radius 1 is 1.05 bits per heavy atom. The van der Waals surface area contributed by atoms with Crippen molar-refractivity contribution in [3.05, 3.63) is 47.0 Å². The number of benzene rings is 1. The van der Waals surface area contributed by atoms with Crippen LogP contribution in [0.15, 0.2) is 35.9 Å². The maximum absolute atomic E-state index is 12.9. The summed E-state index contributed by atoms with van der Waals surface area (Å²) in [5, 5.41) is 21.5. The number of aliphatic hydroxyl groups is 1. The molecule has 2 unspecified atom stereocenters. The van der Waals surface area contributed by atoms with Crippen molar-refractivity contribution < 1.29 is 24.5 Å². The summed E-state index contributed by atoms with van der Waals surface area (Å²) >= 11 is 0. The number of ketones is 1. The van der Waals surface area contributed by atoms with E-state index < -0.39 is 17.9 Å². The van der Waals surface area contributed by atoms with Crippen LogP contribution in [0.3, 0.4) is 0 Å². The van der Waals surface area contributed by atoms with Crippen LogP contribution in [0, 0.1) is 40.9 Å². The van der Waals surface area contributed by atoms with Crippen LogP contribution in [-0.2, 0) is 14.3 Å². The number of carbonyl (C=O) groups is 2. The first-order chi connectivity index (χ1) is 17.4. The molecule has 0 aromatic heterocycles. The van der Waals surface area contributed by atoms with Crippen molar-refractivity contribution in [3.63, 3.8) is 0 Å². The number of carboxylic acids is 1. The smallest absolute Gasteiger partial charge is 0.337 e. The molecule has 0 saturated heterocycles. The van der Waals surface area contributed by atoms with Gasteiger partial charge in [0.25, 0.3) is 0 Å². The van der Waals surface area contributed by atoms with Gasteiger partial charge < -0.3 is 14.9 Å². The first kappa shape index (κ1) is 26.6. The second-order valence-electron chi connectivity index (χ2n) is 13.1. The van der Waals surface area contributed by atoms with Gasteiger partial charge in [-0.15, -0.1) is 0 Å². The summed E-state index contributed by atoms with van der Waals surface area (Å²) in [4.78, 5) is 25.1. The maximum Gasteiger partial charge on any atom is 0.337 e. The summed E-state index contributed by atoms with van der Waals surface area (Å²) in [5.74, 6) is -0.554. The molecule has 1 aromatic carbocycles. The predicted octanol–water partition coefficient (Wildman–Crippen LogP) is 6.77. The number of rotatable bonds is 6. The van der Waals surface area contributed by atoms with Crippen molar-refractivity contribution in [2.45, 2.75) is 104 Å². The third kappa shape index (κ3) is 3.95. The molecular formula is C32H44O5. The normalized spacial score (nSPS) is 41.7. The zero-order valence-electron chi connectivity index (χ0n) is 23.2. The molecule has 0 bridgehead atoms. The van der Waals surface area contributed by atoms with Gasteiger partial charge in [0.15, 0.2) is 11.9 Å². The minimum atomic E-state index is -1.49. The number of aliphatic carboxylic acids is 1. The summed E-state index contributed by atoms with van der Waals surface area (Å²) in [6.07, 6.45) is 8.96. The Labute approximate surface area is 221 Å². The average molecular weight is 509 g/mol. The Morgan fingerprint density at radius 3 is 2.35 bits per heavy atom. The average Bonchev–Trinajstić information content (AvgIpc) is 3.17. The molecule has 0 radical (unpaired) electrons. The van der Waals surface area contributed by atoms with Crippen molar-refractivity contribution in [3.8, 4) is 0 Å². The Morgan fingerprint density at radius 2 is 1.73 bits per heavy atom. The number of Topliss-reactive ketones (excluding diaryl/α,β-unsaturated/α-hetero) is 1. The molecule has 5 nitrogen and oxygen atoms in total. The van der Waals surface area contributed by atoms with Gasteiger partial charge >= 0.3 is 5.97 Å². The molecule has 5 rings (SSSR count). The van der Waals surface area contributed by atoms with Crippen molar-refractivity contribution in [1.29, 1.82) is 0 Å². The molecule has 4 aliphatic rings. The second-order valence-corrected chi connectivity index (χ2v) is 13.1. The third-order valence-electron chi connectivity index (χ3n) is 11.7. The van der Waals surface area contributed by atoms with E-state index in [1.807, 2.05) is 26.0 Å². The molecule has 202 valence electrons. The number of hydrogen-bond donors (Lipinski definition) is 2. The largest absolute Gasteiger partial charge is 0.479 e. The molecule has 1 aromatic rings. The molecule has 8 atom stereocenters. The fourth-order valence-electron chi connectivity index (χ4n) is 9.48. The van der Waals surface area contributed by atoms with Crippen molar-refractivity contribution in [2.24, 2.45) is 34.0 Å². The van der Waals surface area contributed by atoms with Crippen molar-refractivity contribution in [2.75, 3.05) is 0 Å². The van der Waals surface area contributed by atoms with Crippen LogP contribution in [0.4, 0.5) is 0 Å². The molecule has 37 heavy (non-hydrogen) atoms. The van der Waals surface area contributed by atoms with Crippen LogP contribution < -0.4 is 0 Å². The summed E-state index contributed by atoms with van der Waals surface area (Å²) in [6, 6.07) is 7.29. The minimum absolute atomic E-state index is 0.0178. The van der Waals surface area contributed by atoms with Gasteiger partial charge in [-0.25, -0.2) is 4.79 Å². The number of allylic oxidation sites excluding steroid dienone is 1. The molecule has 0 aliphatic heterocycles. The highest BCUT2D eigenvalue weighted by atomic mass is 16.6. The van der Waals surface area contributed by atoms with Crippen LogP contribution in [0.25, 0.3) is 0 Å². The fraction of sp³-hybridized carbons (Fsp3) is 0.688. The molecule has 0 spiro atoms. The predicted molar refractivity (Wildman–Crippen MR) is 143 cm³/mol. The van der Waals surface area contributed by atoms with Gasteiger partial charge in [0.2, 0.25) is 0 Å². The van der Waals surface area contributed by atoms with E-state index >= 15 is 0 Å². The number of aryl methyl sites for hydroxylation is 1. The lowest BCUT2D eigenvalue weighted by Gasteiger charge is -2.60. The lowest BCUT2D eigenvalue weighted by Crippen LogP contribution is -2.55. The molecule has 5 heteroatoms. The molecule has 3 saturated carbocycles. The van der Waals surface area contributed by atoms with Crippen LogP contribution in [0.5, 0.6) is 0 Å². The molecule has 2 N–H and O–H groups in total. The van der Waals surface area contributed by atoms with Gasteiger partial charge in [0.05, 0.1) is 0 Å². The number of carbonyl (C=O) groups excluding carboxylic acids is 1. The fourth-order valence-corrected chi connectivity index (χ4v) is 9.48. The number of ether oxygens (including phenoxy) is 1. The van der Waals surface area contributed by atoms with Gasteiger partial charge in [0.1, 0.15) is 5.78 Å². The van der Waals surface area contributed by atoms with Gasteiger partial charge in [0, 0.05) is 18.3 Å². The first-order valence-electron chi connectivity index (χ1n) is 14.3.